The van der Waals surface area contributed by atoms with E-state index in [-0.39, 0.29) is 30.0 Å². The molecule has 3 aliphatic heterocycles. The van der Waals surface area contributed by atoms with Crippen molar-refractivity contribution in [3.63, 3.8) is 0 Å². The number of aliphatic hydroxyl groups excluding tert-OH is 1. The molecule has 0 spiro atoms. The molecule has 0 radical (unpaired) electrons. The van der Waals surface area contributed by atoms with Crippen molar-refractivity contribution in [2.24, 2.45) is 17.1 Å². The van der Waals surface area contributed by atoms with Gasteiger partial charge in [-0.25, -0.2) is 14.2 Å². The summed E-state index contributed by atoms with van der Waals surface area (Å²) in [5, 5.41) is 21.2. The van der Waals surface area contributed by atoms with Crippen molar-refractivity contribution in [2.75, 3.05) is 6.54 Å². The molecule has 176 valence electrons. The van der Waals surface area contributed by atoms with Gasteiger partial charge in [0, 0.05) is 30.1 Å². The summed E-state index contributed by atoms with van der Waals surface area (Å²) in [6, 6.07) is 2.73. The standard InChI is InChI=1S/C23H26BrFN4O4/c1-23(2,3)19-13(8-28(19)22(32)33)18(30)17-16(20(26)31)27-21-12-6-14(24)15(25)7-11(12)9-4-10(5-9)29(17)21/h6-7,9-10,13,18-19,30H,4-5,8H2,1-3H3,(H2,26,31)(H,32,33). The highest BCUT2D eigenvalue weighted by Crippen LogP contribution is 2.55. The second-order valence-corrected chi connectivity index (χ2v) is 11.3. The Bertz CT molecular complexity index is 1180. The number of carbonyl (C=O) groups excluding carboxylic acids is 1. The normalized spacial score (nSPS) is 26.4. The van der Waals surface area contributed by atoms with E-state index in [2.05, 4.69) is 20.9 Å². The number of nitrogens with two attached hydrogens (primary N) is 1. The molecule has 4 aliphatic rings. The molecule has 3 unspecified atom stereocenters. The predicted molar refractivity (Wildman–Crippen MR) is 121 cm³/mol. The molecule has 8 nitrogen and oxygen atoms in total. The highest BCUT2D eigenvalue weighted by Gasteiger charge is 2.53. The first-order valence-corrected chi connectivity index (χ1v) is 11.8. The van der Waals surface area contributed by atoms with Crippen molar-refractivity contribution in [2.45, 2.75) is 57.7 Å². The summed E-state index contributed by atoms with van der Waals surface area (Å²) in [6.07, 6.45) is -0.685. The Morgan fingerprint density at radius 2 is 1.97 bits per heavy atom. The van der Waals surface area contributed by atoms with Gasteiger partial charge in [0.2, 0.25) is 0 Å². The average Bonchev–Trinajstić information content (AvgIpc) is 2.90. The van der Waals surface area contributed by atoms with Crippen molar-refractivity contribution in [3.05, 3.63) is 39.4 Å². The van der Waals surface area contributed by atoms with Crippen LogP contribution in [0, 0.1) is 17.2 Å². The fraction of sp³-hybridized carbons (Fsp3) is 0.522. The van der Waals surface area contributed by atoms with Gasteiger partial charge in [0.15, 0.2) is 5.69 Å². The fourth-order valence-corrected chi connectivity index (χ4v) is 6.27. The van der Waals surface area contributed by atoms with Crippen molar-refractivity contribution >= 4 is 27.9 Å². The maximum Gasteiger partial charge on any atom is 0.407 e. The molecule has 1 saturated heterocycles. The number of carboxylic acid groups (broad SMARTS) is 1. The number of hydrogen-bond acceptors (Lipinski definition) is 4. The molecule has 3 atom stereocenters. The van der Waals surface area contributed by atoms with Crippen LogP contribution in [0.2, 0.25) is 0 Å². The maximum absolute atomic E-state index is 14.3. The Balaban J connectivity index is 1.66. The minimum atomic E-state index is -1.13. The number of benzene rings is 1. The van der Waals surface area contributed by atoms with Crippen LogP contribution in [0.4, 0.5) is 9.18 Å². The number of aromatic nitrogens is 2. The summed E-state index contributed by atoms with van der Waals surface area (Å²) < 4.78 is 16.5. The lowest BCUT2D eigenvalue weighted by molar-refractivity contribution is -0.0920. The van der Waals surface area contributed by atoms with Crippen LogP contribution in [0.1, 0.15) is 73.4 Å². The molecule has 6 rings (SSSR count). The second kappa shape index (κ2) is 7.27. The molecule has 10 heteroatoms. The van der Waals surface area contributed by atoms with E-state index in [1.807, 2.05) is 25.3 Å². The number of hydrogen-bond donors (Lipinski definition) is 3. The Kier molecular flexibility index (Phi) is 4.92. The van der Waals surface area contributed by atoms with E-state index in [1.165, 1.54) is 11.0 Å². The molecule has 2 aromatic rings. The largest absolute Gasteiger partial charge is 0.465 e. The highest BCUT2D eigenvalue weighted by molar-refractivity contribution is 9.10. The minimum Gasteiger partial charge on any atom is -0.465 e. The van der Waals surface area contributed by atoms with Gasteiger partial charge in [0.05, 0.1) is 10.2 Å². The Morgan fingerprint density at radius 1 is 1.30 bits per heavy atom. The van der Waals surface area contributed by atoms with Gasteiger partial charge in [0.1, 0.15) is 17.7 Å². The molecule has 2 amide bonds. The van der Waals surface area contributed by atoms with Crippen LogP contribution in [0.15, 0.2) is 16.6 Å². The molecule has 4 heterocycles. The Morgan fingerprint density at radius 3 is 2.55 bits per heavy atom. The van der Waals surface area contributed by atoms with Gasteiger partial charge < -0.3 is 25.4 Å². The third-order valence-corrected chi connectivity index (χ3v) is 8.01. The molecule has 1 aromatic carbocycles. The molecular weight excluding hydrogens is 495 g/mol. The van der Waals surface area contributed by atoms with E-state index in [1.54, 1.807) is 6.07 Å². The molecule has 1 saturated carbocycles. The molecule has 4 N–H and O–H groups in total. The summed E-state index contributed by atoms with van der Waals surface area (Å²) in [4.78, 5) is 30.0. The first kappa shape index (κ1) is 22.3. The monoisotopic (exact) mass is 520 g/mol. The molecule has 2 fully saturated rings. The maximum atomic E-state index is 14.3. The zero-order chi connectivity index (χ0) is 24.0. The molecule has 33 heavy (non-hydrogen) atoms. The summed E-state index contributed by atoms with van der Waals surface area (Å²) in [5.74, 6) is -0.877. The zero-order valence-electron chi connectivity index (χ0n) is 18.5. The van der Waals surface area contributed by atoms with Crippen molar-refractivity contribution < 1.29 is 24.2 Å². The van der Waals surface area contributed by atoms with Crippen LogP contribution in [0.25, 0.3) is 11.4 Å². The van der Waals surface area contributed by atoms with E-state index < -0.39 is 35.5 Å². The third kappa shape index (κ3) is 3.21. The van der Waals surface area contributed by atoms with E-state index in [0.29, 0.717) is 21.6 Å². The lowest BCUT2D eigenvalue weighted by atomic mass is 9.69. The lowest BCUT2D eigenvalue weighted by Gasteiger charge is -2.54. The molecule has 1 aliphatic carbocycles. The fourth-order valence-electron chi connectivity index (χ4n) is 5.93. The summed E-state index contributed by atoms with van der Waals surface area (Å²) in [6.45, 7) is 5.93. The number of amides is 2. The van der Waals surface area contributed by atoms with Crippen LogP contribution in [0.3, 0.4) is 0 Å². The van der Waals surface area contributed by atoms with E-state index in [4.69, 9.17) is 5.73 Å². The number of primary amides is 1. The Hall–Kier alpha value is -2.46. The number of rotatable bonds is 3. The van der Waals surface area contributed by atoms with Crippen LogP contribution < -0.4 is 5.73 Å². The van der Waals surface area contributed by atoms with Crippen LogP contribution in [-0.4, -0.2) is 49.3 Å². The number of nitrogens with zero attached hydrogens (tertiary/aromatic N) is 3. The third-order valence-electron chi connectivity index (χ3n) is 7.40. The highest BCUT2D eigenvalue weighted by atomic mass is 79.9. The van der Waals surface area contributed by atoms with E-state index >= 15 is 0 Å². The van der Waals surface area contributed by atoms with Gasteiger partial charge in [0.25, 0.3) is 5.91 Å². The van der Waals surface area contributed by atoms with Crippen molar-refractivity contribution in [1.82, 2.24) is 14.5 Å². The van der Waals surface area contributed by atoms with Gasteiger partial charge in [-0.05, 0) is 57.8 Å². The first-order chi connectivity index (χ1) is 15.4. The van der Waals surface area contributed by atoms with E-state index in [9.17, 15) is 24.2 Å². The molecular formula is C23H26BrFN4O4. The van der Waals surface area contributed by atoms with Gasteiger partial charge in [-0.3, -0.25) is 4.79 Å². The number of aliphatic hydroxyl groups is 1. The number of imidazole rings is 1. The SMILES string of the molecule is CC(C)(C)C1C(C(O)c2c(C(N)=O)nc3n2C2CC(C2)c2cc(F)c(Br)cc2-3)CN1C(=O)O. The topological polar surface area (TPSA) is 122 Å². The van der Waals surface area contributed by atoms with E-state index in [0.717, 1.165) is 18.4 Å². The Labute approximate surface area is 198 Å². The van der Waals surface area contributed by atoms with Crippen LogP contribution in [0.5, 0.6) is 0 Å². The van der Waals surface area contributed by atoms with Gasteiger partial charge in [-0.2, -0.15) is 0 Å². The minimum absolute atomic E-state index is 0.00627. The van der Waals surface area contributed by atoms with Gasteiger partial charge in [-0.1, -0.05) is 20.8 Å². The quantitative estimate of drug-likeness (QED) is 0.563. The van der Waals surface area contributed by atoms with Gasteiger partial charge >= 0.3 is 6.09 Å². The van der Waals surface area contributed by atoms with Crippen molar-refractivity contribution in [3.8, 4) is 11.4 Å². The second-order valence-electron chi connectivity index (χ2n) is 10.4. The first-order valence-electron chi connectivity index (χ1n) is 11.0. The summed E-state index contributed by atoms with van der Waals surface area (Å²) >= 11 is 3.25. The number of carbonyl (C=O) groups is 2. The summed E-state index contributed by atoms with van der Waals surface area (Å²) in [5.41, 5.74) is 7.13. The predicted octanol–water partition coefficient (Wildman–Crippen LogP) is 4.04. The lowest BCUT2D eigenvalue weighted by Crippen LogP contribution is -2.65. The average molecular weight is 521 g/mol. The zero-order valence-corrected chi connectivity index (χ0v) is 20.1. The molecule has 1 aromatic heterocycles. The van der Waals surface area contributed by atoms with Crippen molar-refractivity contribution in [1.29, 1.82) is 0 Å². The van der Waals surface area contributed by atoms with Gasteiger partial charge in [-0.15, -0.1) is 0 Å². The molecule has 2 bridgehead atoms. The van der Waals surface area contributed by atoms with Crippen LogP contribution in [-0.2, 0) is 0 Å². The number of halogens is 2. The summed E-state index contributed by atoms with van der Waals surface area (Å²) in [7, 11) is 0. The number of likely N-dealkylation sites (tertiary alicyclic amines) is 1. The van der Waals surface area contributed by atoms with Crippen LogP contribution >= 0.6 is 15.9 Å². The smallest absolute Gasteiger partial charge is 0.407 e.